The quantitative estimate of drug-likeness (QED) is 0.527. The van der Waals surface area contributed by atoms with Crippen LogP contribution in [0.3, 0.4) is 0 Å². The SMILES string of the molecule is O=C(c1cccc(-c2cccnc2)c1)c1cnc(Nc2ccccc2)[nH]1. The van der Waals surface area contributed by atoms with Crippen molar-refractivity contribution in [1.29, 1.82) is 0 Å². The van der Waals surface area contributed by atoms with Crippen LogP contribution in [0, 0.1) is 0 Å². The van der Waals surface area contributed by atoms with E-state index in [1.54, 1.807) is 24.7 Å². The zero-order chi connectivity index (χ0) is 17.8. The molecular formula is C21H16N4O. The molecule has 0 saturated heterocycles. The number of ketones is 1. The molecule has 2 heterocycles. The number of aromatic nitrogens is 3. The average molecular weight is 340 g/mol. The Morgan fingerprint density at radius 1 is 0.885 bits per heavy atom. The molecule has 2 aromatic carbocycles. The van der Waals surface area contributed by atoms with Gasteiger partial charge in [-0.2, -0.15) is 0 Å². The Morgan fingerprint density at radius 3 is 2.54 bits per heavy atom. The number of aromatic amines is 1. The number of benzene rings is 2. The summed E-state index contributed by atoms with van der Waals surface area (Å²) in [6, 6.07) is 21.0. The van der Waals surface area contributed by atoms with Crippen LogP contribution in [0.1, 0.15) is 16.1 Å². The molecule has 126 valence electrons. The van der Waals surface area contributed by atoms with Crippen molar-refractivity contribution in [3.05, 3.63) is 96.6 Å². The van der Waals surface area contributed by atoms with Gasteiger partial charge in [-0.25, -0.2) is 4.98 Å². The summed E-state index contributed by atoms with van der Waals surface area (Å²) >= 11 is 0. The van der Waals surface area contributed by atoms with Gasteiger partial charge in [0.15, 0.2) is 0 Å². The summed E-state index contributed by atoms with van der Waals surface area (Å²) in [5.74, 6) is 0.423. The second kappa shape index (κ2) is 7.03. The highest BCUT2D eigenvalue weighted by Gasteiger charge is 2.13. The molecule has 0 aliphatic heterocycles. The number of carbonyl (C=O) groups excluding carboxylic acids is 1. The van der Waals surface area contributed by atoms with Crippen LogP contribution in [0.5, 0.6) is 0 Å². The minimum Gasteiger partial charge on any atom is -0.326 e. The van der Waals surface area contributed by atoms with E-state index in [1.807, 2.05) is 60.7 Å². The van der Waals surface area contributed by atoms with Crippen molar-refractivity contribution >= 4 is 17.4 Å². The van der Waals surface area contributed by atoms with Gasteiger partial charge in [0.2, 0.25) is 11.7 Å². The van der Waals surface area contributed by atoms with Gasteiger partial charge >= 0.3 is 0 Å². The minimum atomic E-state index is -0.107. The van der Waals surface area contributed by atoms with Crippen molar-refractivity contribution in [2.75, 3.05) is 5.32 Å². The molecule has 0 amide bonds. The number of nitrogens with zero attached hydrogens (tertiary/aromatic N) is 2. The topological polar surface area (TPSA) is 70.7 Å². The molecule has 2 N–H and O–H groups in total. The number of para-hydroxylation sites is 1. The number of anilines is 2. The Hall–Kier alpha value is -3.73. The van der Waals surface area contributed by atoms with Crippen LogP contribution in [0.2, 0.25) is 0 Å². The lowest BCUT2D eigenvalue weighted by Gasteiger charge is -2.04. The number of rotatable bonds is 5. The molecule has 0 fully saturated rings. The second-order valence-corrected chi connectivity index (χ2v) is 5.79. The Labute approximate surface area is 150 Å². The normalized spacial score (nSPS) is 10.5. The predicted molar refractivity (Wildman–Crippen MR) is 101 cm³/mol. The van der Waals surface area contributed by atoms with Crippen LogP contribution in [-0.4, -0.2) is 20.7 Å². The van der Waals surface area contributed by atoms with Gasteiger partial charge in [0.05, 0.1) is 6.20 Å². The van der Waals surface area contributed by atoms with Gasteiger partial charge in [-0.3, -0.25) is 9.78 Å². The van der Waals surface area contributed by atoms with Crippen molar-refractivity contribution in [3.8, 4) is 11.1 Å². The third-order valence-corrected chi connectivity index (χ3v) is 3.98. The first-order chi connectivity index (χ1) is 12.8. The molecule has 5 nitrogen and oxygen atoms in total. The number of nitrogens with one attached hydrogen (secondary N) is 2. The minimum absolute atomic E-state index is 0.107. The lowest BCUT2D eigenvalue weighted by molar-refractivity contribution is 0.103. The molecule has 4 rings (SSSR count). The van der Waals surface area contributed by atoms with Crippen molar-refractivity contribution < 1.29 is 4.79 Å². The van der Waals surface area contributed by atoms with Gasteiger partial charge in [-0.15, -0.1) is 0 Å². The highest BCUT2D eigenvalue weighted by atomic mass is 16.1. The molecule has 2 aromatic heterocycles. The third kappa shape index (κ3) is 3.37. The molecule has 0 aliphatic carbocycles. The molecule has 0 unspecified atom stereocenters. The van der Waals surface area contributed by atoms with Gasteiger partial charge in [0.25, 0.3) is 0 Å². The molecule has 0 radical (unpaired) electrons. The number of imidazole rings is 1. The Bertz CT molecular complexity index is 1030. The fourth-order valence-electron chi connectivity index (χ4n) is 2.69. The maximum Gasteiger partial charge on any atom is 0.210 e. The predicted octanol–water partition coefficient (Wildman–Crippen LogP) is 4.45. The van der Waals surface area contributed by atoms with Crippen LogP contribution in [-0.2, 0) is 0 Å². The van der Waals surface area contributed by atoms with Crippen molar-refractivity contribution in [3.63, 3.8) is 0 Å². The molecule has 0 spiro atoms. The van der Waals surface area contributed by atoms with Gasteiger partial charge in [-0.1, -0.05) is 42.5 Å². The summed E-state index contributed by atoms with van der Waals surface area (Å²) in [6.45, 7) is 0. The number of pyridine rings is 1. The molecule has 0 aliphatic rings. The Kier molecular flexibility index (Phi) is 4.26. The van der Waals surface area contributed by atoms with Crippen LogP contribution in [0.25, 0.3) is 11.1 Å². The summed E-state index contributed by atoms with van der Waals surface area (Å²) < 4.78 is 0. The molecule has 26 heavy (non-hydrogen) atoms. The third-order valence-electron chi connectivity index (χ3n) is 3.98. The van der Waals surface area contributed by atoms with Gasteiger partial charge in [0, 0.05) is 29.2 Å². The smallest absolute Gasteiger partial charge is 0.210 e. The van der Waals surface area contributed by atoms with Crippen LogP contribution in [0.15, 0.2) is 85.3 Å². The standard InChI is InChI=1S/C21H16N4O/c26-20(16-7-4-6-15(12-16)17-8-5-11-22-13-17)19-14-23-21(25-19)24-18-9-2-1-3-10-18/h1-14H,(H2,23,24,25). The Morgan fingerprint density at radius 2 is 1.73 bits per heavy atom. The summed E-state index contributed by atoms with van der Waals surface area (Å²) in [5, 5.41) is 3.14. The highest BCUT2D eigenvalue weighted by molar-refractivity contribution is 6.08. The Balaban J connectivity index is 1.57. The summed E-state index contributed by atoms with van der Waals surface area (Å²) in [6.07, 6.45) is 5.05. The second-order valence-electron chi connectivity index (χ2n) is 5.79. The maximum absolute atomic E-state index is 12.8. The van der Waals surface area contributed by atoms with Crippen LogP contribution < -0.4 is 5.32 Å². The molecule has 0 atom stereocenters. The zero-order valence-electron chi connectivity index (χ0n) is 13.9. The van der Waals surface area contributed by atoms with E-state index >= 15 is 0 Å². The summed E-state index contributed by atoms with van der Waals surface area (Å²) in [4.78, 5) is 24.2. The lowest BCUT2D eigenvalue weighted by atomic mass is 10.0. The van der Waals surface area contributed by atoms with Gasteiger partial charge in [0.1, 0.15) is 5.69 Å². The first-order valence-corrected chi connectivity index (χ1v) is 8.22. The number of H-pyrrole nitrogens is 1. The highest BCUT2D eigenvalue weighted by Crippen LogP contribution is 2.21. The maximum atomic E-state index is 12.8. The largest absolute Gasteiger partial charge is 0.326 e. The van der Waals surface area contributed by atoms with E-state index in [1.165, 1.54) is 0 Å². The van der Waals surface area contributed by atoms with Gasteiger partial charge < -0.3 is 10.3 Å². The number of carbonyl (C=O) groups is 1. The van der Waals surface area contributed by atoms with Crippen molar-refractivity contribution in [2.24, 2.45) is 0 Å². The number of hydrogen-bond donors (Lipinski definition) is 2. The first kappa shape index (κ1) is 15.8. The molecule has 0 bridgehead atoms. The average Bonchev–Trinajstić information content (AvgIpc) is 3.17. The van der Waals surface area contributed by atoms with Crippen molar-refractivity contribution in [2.45, 2.75) is 0 Å². The van der Waals surface area contributed by atoms with E-state index in [-0.39, 0.29) is 5.78 Å². The van der Waals surface area contributed by atoms with Crippen LogP contribution in [0.4, 0.5) is 11.6 Å². The van der Waals surface area contributed by atoms with E-state index in [2.05, 4.69) is 20.3 Å². The van der Waals surface area contributed by atoms with Gasteiger partial charge in [-0.05, 0) is 29.8 Å². The molecule has 0 saturated carbocycles. The van der Waals surface area contributed by atoms with E-state index < -0.39 is 0 Å². The first-order valence-electron chi connectivity index (χ1n) is 8.22. The van der Waals surface area contributed by atoms with E-state index in [4.69, 9.17) is 0 Å². The fourth-order valence-corrected chi connectivity index (χ4v) is 2.69. The lowest BCUT2D eigenvalue weighted by Crippen LogP contribution is -2.02. The van der Waals surface area contributed by atoms with E-state index in [9.17, 15) is 4.79 Å². The van der Waals surface area contributed by atoms with E-state index in [0.29, 0.717) is 17.2 Å². The molecular weight excluding hydrogens is 324 g/mol. The van der Waals surface area contributed by atoms with Crippen molar-refractivity contribution in [1.82, 2.24) is 15.0 Å². The summed E-state index contributed by atoms with van der Waals surface area (Å²) in [7, 11) is 0. The monoisotopic (exact) mass is 340 g/mol. The number of hydrogen-bond acceptors (Lipinski definition) is 4. The summed E-state index contributed by atoms with van der Waals surface area (Å²) in [5.41, 5.74) is 3.86. The molecule has 5 heteroatoms. The van der Waals surface area contributed by atoms with E-state index in [0.717, 1.165) is 16.8 Å². The molecule has 4 aromatic rings. The zero-order valence-corrected chi connectivity index (χ0v) is 13.9. The van der Waals surface area contributed by atoms with Crippen LogP contribution >= 0.6 is 0 Å². The fraction of sp³-hybridized carbons (Fsp3) is 0.